The number of amides is 1. The Kier molecular flexibility index (Phi) is 6.30. The number of nitrogens with two attached hydrogens (primary N) is 1. The van der Waals surface area contributed by atoms with E-state index in [1.54, 1.807) is 23.1 Å². The van der Waals surface area contributed by atoms with Crippen LogP contribution in [0.4, 0.5) is 11.5 Å². The molecule has 32 heavy (non-hydrogen) atoms. The summed E-state index contributed by atoms with van der Waals surface area (Å²) in [6, 6.07) is 9.85. The van der Waals surface area contributed by atoms with Crippen LogP contribution in [-0.4, -0.2) is 47.4 Å². The Bertz CT molecular complexity index is 1090. The van der Waals surface area contributed by atoms with E-state index >= 15 is 0 Å². The predicted octanol–water partition coefficient (Wildman–Crippen LogP) is 3.11. The van der Waals surface area contributed by atoms with E-state index in [4.69, 9.17) is 10.5 Å². The van der Waals surface area contributed by atoms with Gasteiger partial charge in [0.15, 0.2) is 0 Å². The summed E-state index contributed by atoms with van der Waals surface area (Å²) < 4.78 is 7.79. The molecule has 0 radical (unpaired) electrons. The van der Waals surface area contributed by atoms with Crippen molar-refractivity contribution in [2.75, 3.05) is 31.3 Å². The van der Waals surface area contributed by atoms with Crippen molar-refractivity contribution in [3.8, 4) is 16.9 Å². The zero-order valence-electron chi connectivity index (χ0n) is 18.8. The number of carbonyl (C=O) groups is 1. The van der Waals surface area contributed by atoms with Crippen molar-refractivity contribution >= 4 is 17.4 Å². The van der Waals surface area contributed by atoms with Gasteiger partial charge >= 0.3 is 0 Å². The highest BCUT2D eigenvalue weighted by Crippen LogP contribution is 2.29. The van der Waals surface area contributed by atoms with Crippen LogP contribution in [0.5, 0.6) is 5.75 Å². The Labute approximate surface area is 188 Å². The molecule has 1 aromatic carbocycles. The van der Waals surface area contributed by atoms with Gasteiger partial charge in [-0.05, 0) is 31.0 Å². The Morgan fingerprint density at radius 3 is 2.84 bits per heavy atom. The van der Waals surface area contributed by atoms with E-state index in [0.717, 1.165) is 41.8 Å². The molecule has 2 atom stereocenters. The van der Waals surface area contributed by atoms with Crippen LogP contribution in [0.3, 0.4) is 0 Å². The second-order valence-electron chi connectivity index (χ2n) is 8.53. The van der Waals surface area contributed by atoms with Gasteiger partial charge < -0.3 is 20.7 Å². The third-order valence-electron chi connectivity index (χ3n) is 5.98. The molecule has 8 heteroatoms. The molecule has 1 fully saturated rings. The van der Waals surface area contributed by atoms with E-state index in [1.807, 2.05) is 56.5 Å². The second kappa shape index (κ2) is 9.30. The van der Waals surface area contributed by atoms with Crippen molar-refractivity contribution in [3.05, 3.63) is 54.5 Å². The molecule has 4 rings (SSSR count). The quantitative estimate of drug-likeness (QED) is 0.593. The predicted molar refractivity (Wildman–Crippen MR) is 126 cm³/mol. The summed E-state index contributed by atoms with van der Waals surface area (Å²) >= 11 is 0. The zero-order chi connectivity index (χ0) is 22.7. The van der Waals surface area contributed by atoms with Crippen LogP contribution >= 0.6 is 0 Å². The number of hydrogen-bond acceptors (Lipinski definition) is 6. The summed E-state index contributed by atoms with van der Waals surface area (Å²) in [5.41, 5.74) is 9.21. The van der Waals surface area contributed by atoms with Gasteiger partial charge in [-0.2, -0.15) is 5.10 Å². The Morgan fingerprint density at radius 2 is 2.09 bits per heavy atom. The van der Waals surface area contributed by atoms with Gasteiger partial charge in [0.25, 0.3) is 5.91 Å². The van der Waals surface area contributed by atoms with Gasteiger partial charge in [0.1, 0.15) is 11.6 Å². The lowest BCUT2D eigenvalue weighted by molar-refractivity contribution is 0.0919. The maximum absolute atomic E-state index is 13.1. The van der Waals surface area contributed by atoms with Crippen LogP contribution in [0.1, 0.15) is 29.6 Å². The first-order valence-electron chi connectivity index (χ1n) is 10.9. The standard InChI is InChI=1S/C24H30N6O2/c1-29(2)19-7-5-8-20(11-19)32-15-16-6-4-9-22(16)28-24(31)21-10-17(12-26-23(21)25)18-13-27-30(3)14-18/h5,7-8,10-14,16,22H,4,6,9,15H2,1-3H3,(H2,25,26)(H,28,31)/t16-,22+/m1/s1. The van der Waals surface area contributed by atoms with Crippen LogP contribution in [0.25, 0.3) is 11.1 Å². The fourth-order valence-electron chi connectivity index (χ4n) is 4.11. The molecular weight excluding hydrogens is 404 g/mol. The van der Waals surface area contributed by atoms with E-state index in [0.29, 0.717) is 12.2 Å². The molecule has 1 aliphatic rings. The summed E-state index contributed by atoms with van der Waals surface area (Å²) in [6.07, 6.45) is 8.28. The molecule has 8 nitrogen and oxygen atoms in total. The van der Waals surface area contributed by atoms with Gasteiger partial charge in [0.05, 0.1) is 18.4 Å². The van der Waals surface area contributed by atoms with Gasteiger partial charge in [-0.15, -0.1) is 0 Å². The molecule has 2 aromatic heterocycles. The summed E-state index contributed by atoms with van der Waals surface area (Å²) in [5.74, 6) is 1.11. The first-order valence-corrected chi connectivity index (χ1v) is 10.9. The van der Waals surface area contributed by atoms with Crippen molar-refractivity contribution < 1.29 is 9.53 Å². The van der Waals surface area contributed by atoms with Crippen LogP contribution in [0, 0.1) is 5.92 Å². The number of pyridine rings is 1. The number of hydrogen-bond donors (Lipinski definition) is 2. The van der Waals surface area contributed by atoms with E-state index in [1.165, 1.54) is 0 Å². The van der Waals surface area contributed by atoms with Crippen LogP contribution in [-0.2, 0) is 7.05 Å². The van der Waals surface area contributed by atoms with E-state index in [-0.39, 0.29) is 23.7 Å². The SMILES string of the molecule is CN(C)c1cccc(OC[C@H]2CCC[C@@H]2NC(=O)c2cc(-c3cnn(C)c3)cnc2N)c1. The number of ether oxygens (including phenoxy) is 1. The lowest BCUT2D eigenvalue weighted by Crippen LogP contribution is -2.39. The number of nitrogen functional groups attached to an aromatic ring is 1. The van der Waals surface area contributed by atoms with E-state index in [9.17, 15) is 4.79 Å². The summed E-state index contributed by atoms with van der Waals surface area (Å²) in [5, 5.41) is 7.35. The molecule has 1 aliphatic carbocycles. The van der Waals surface area contributed by atoms with Crippen LogP contribution in [0.2, 0.25) is 0 Å². The van der Waals surface area contributed by atoms with Crippen molar-refractivity contribution in [1.29, 1.82) is 0 Å². The highest BCUT2D eigenvalue weighted by molar-refractivity contribution is 5.99. The topological polar surface area (TPSA) is 98.3 Å². The third kappa shape index (κ3) is 4.85. The Hall–Kier alpha value is -3.55. The average Bonchev–Trinajstić information content (AvgIpc) is 3.41. The number of aryl methyl sites for hydroxylation is 1. The summed E-state index contributed by atoms with van der Waals surface area (Å²) in [7, 11) is 5.86. The fraction of sp³-hybridized carbons (Fsp3) is 0.375. The number of aromatic nitrogens is 3. The number of benzene rings is 1. The minimum atomic E-state index is -0.202. The third-order valence-corrected chi connectivity index (χ3v) is 5.98. The number of anilines is 2. The van der Waals surface area contributed by atoms with Crippen molar-refractivity contribution in [3.63, 3.8) is 0 Å². The van der Waals surface area contributed by atoms with Gasteiger partial charge in [-0.25, -0.2) is 4.98 Å². The van der Waals surface area contributed by atoms with E-state index < -0.39 is 0 Å². The highest BCUT2D eigenvalue weighted by atomic mass is 16.5. The molecule has 2 heterocycles. The molecule has 1 amide bonds. The fourth-order valence-corrected chi connectivity index (χ4v) is 4.11. The molecule has 3 aromatic rings. The molecule has 0 unspecified atom stereocenters. The molecule has 0 aliphatic heterocycles. The van der Waals surface area contributed by atoms with Gasteiger partial charge in [-0.1, -0.05) is 12.5 Å². The Balaban J connectivity index is 1.42. The first kappa shape index (κ1) is 21.7. The minimum Gasteiger partial charge on any atom is -0.493 e. The highest BCUT2D eigenvalue weighted by Gasteiger charge is 2.30. The molecule has 3 N–H and O–H groups in total. The van der Waals surface area contributed by atoms with Crippen molar-refractivity contribution in [1.82, 2.24) is 20.1 Å². The van der Waals surface area contributed by atoms with Gasteiger partial charge in [0.2, 0.25) is 0 Å². The number of nitrogens with zero attached hydrogens (tertiary/aromatic N) is 4. The summed E-state index contributed by atoms with van der Waals surface area (Å²) in [6.45, 7) is 0.561. The molecule has 0 saturated heterocycles. The molecule has 0 spiro atoms. The van der Waals surface area contributed by atoms with Crippen LogP contribution in [0.15, 0.2) is 48.9 Å². The normalized spacial score (nSPS) is 17.8. The van der Waals surface area contributed by atoms with E-state index in [2.05, 4.69) is 15.4 Å². The molecule has 0 bridgehead atoms. The lowest BCUT2D eigenvalue weighted by Gasteiger charge is -2.22. The first-order chi connectivity index (χ1) is 15.4. The van der Waals surface area contributed by atoms with Gasteiger partial charge in [0, 0.05) is 68.4 Å². The zero-order valence-corrected chi connectivity index (χ0v) is 18.8. The molecule has 1 saturated carbocycles. The number of carbonyl (C=O) groups excluding carboxylic acids is 1. The number of rotatable bonds is 7. The average molecular weight is 435 g/mol. The Morgan fingerprint density at radius 1 is 1.25 bits per heavy atom. The molecular formula is C24H30N6O2. The minimum absolute atomic E-state index is 0.0426. The molecule has 168 valence electrons. The summed E-state index contributed by atoms with van der Waals surface area (Å²) in [4.78, 5) is 19.3. The maximum Gasteiger partial charge on any atom is 0.255 e. The van der Waals surface area contributed by atoms with Crippen LogP contribution < -0.4 is 20.7 Å². The maximum atomic E-state index is 13.1. The van der Waals surface area contributed by atoms with Crippen molar-refractivity contribution in [2.45, 2.75) is 25.3 Å². The monoisotopic (exact) mass is 434 g/mol. The largest absolute Gasteiger partial charge is 0.493 e. The van der Waals surface area contributed by atoms with Gasteiger partial charge in [-0.3, -0.25) is 9.48 Å². The second-order valence-corrected chi connectivity index (χ2v) is 8.53. The number of nitrogens with one attached hydrogen (secondary N) is 1. The lowest BCUT2D eigenvalue weighted by atomic mass is 10.0. The van der Waals surface area contributed by atoms with Crippen molar-refractivity contribution in [2.24, 2.45) is 13.0 Å². The smallest absolute Gasteiger partial charge is 0.255 e.